The zero-order valence-corrected chi connectivity index (χ0v) is 13.0. The number of hydrogen-bond acceptors (Lipinski definition) is 3. The number of aliphatic hydroxyl groups excluding tert-OH is 1. The van der Waals surface area contributed by atoms with Crippen molar-refractivity contribution in [3.8, 4) is 0 Å². The molecule has 0 aromatic heterocycles. The molecule has 0 heterocycles. The highest BCUT2D eigenvalue weighted by molar-refractivity contribution is 9.10. The molecule has 1 rings (SSSR count). The van der Waals surface area contributed by atoms with E-state index < -0.39 is 0 Å². The van der Waals surface area contributed by atoms with Gasteiger partial charge in [0.2, 0.25) is 0 Å². The molecule has 106 valence electrons. The van der Waals surface area contributed by atoms with E-state index in [1.165, 1.54) is 0 Å². The summed E-state index contributed by atoms with van der Waals surface area (Å²) in [5, 5.41) is 9.17. The molecule has 0 radical (unpaired) electrons. The molecular formula is C14H21BrN2O2. The number of anilines is 1. The molecule has 1 aromatic carbocycles. The summed E-state index contributed by atoms with van der Waals surface area (Å²) in [6.07, 6.45) is 1.73. The largest absolute Gasteiger partial charge is 0.398 e. The van der Waals surface area contributed by atoms with Crippen molar-refractivity contribution in [3.63, 3.8) is 0 Å². The highest BCUT2D eigenvalue weighted by Gasteiger charge is 2.23. The number of benzene rings is 1. The number of rotatable bonds is 6. The van der Waals surface area contributed by atoms with E-state index in [-0.39, 0.29) is 18.6 Å². The van der Waals surface area contributed by atoms with E-state index in [1.54, 1.807) is 23.1 Å². The minimum Gasteiger partial charge on any atom is -0.398 e. The lowest BCUT2D eigenvalue weighted by Gasteiger charge is -2.30. The van der Waals surface area contributed by atoms with E-state index in [9.17, 15) is 4.79 Å². The van der Waals surface area contributed by atoms with Crippen molar-refractivity contribution < 1.29 is 9.90 Å². The number of nitrogens with two attached hydrogens (primary N) is 1. The van der Waals surface area contributed by atoms with Crippen molar-refractivity contribution in [3.05, 3.63) is 28.2 Å². The maximum absolute atomic E-state index is 12.6. The topological polar surface area (TPSA) is 66.6 Å². The number of halogens is 1. The molecule has 1 aromatic rings. The van der Waals surface area contributed by atoms with E-state index >= 15 is 0 Å². The maximum Gasteiger partial charge on any atom is 0.255 e. The normalized spacial score (nSPS) is 10.8. The van der Waals surface area contributed by atoms with Crippen LogP contribution in [0.5, 0.6) is 0 Å². The van der Waals surface area contributed by atoms with E-state index in [0.29, 0.717) is 22.3 Å². The number of aliphatic hydroxyl groups is 1. The van der Waals surface area contributed by atoms with E-state index in [0.717, 1.165) is 12.8 Å². The first-order valence-electron chi connectivity index (χ1n) is 6.52. The lowest BCUT2D eigenvalue weighted by molar-refractivity contribution is 0.0621. The van der Waals surface area contributed by atoms with E-state index in [4.69, 9.17) is 10.8 Å². The first-order valence-corrected chi connectivity index (χ1v) is 7.31. The summed E-state index contributed by atoms with van der Waals surface area (Å²) in [7, 11) is 0. The van der Waals surface area contributed by atoms with Crippen molar-refractivity contribution in [2.24, 2.45) is 0 Å². The fourth-order valence-corrected chi connectivity index (χ4v) is 2.59. The quantitative estimate of drug-likeness (QED) is 0.789. The molecule has 0 aliphatic heterocycles. The van der Waals surface area contributed by atoms with Crippen LogP contribution in [0.1, 0.15) is 37.0 Å². The first-order chi connectivity index (χ1) is 9.06. The highest BCUT2D eigenvalue weighted by atomic mass is 79.9. The molecule has 3 N–H and O–H groups in total. The zero-order valence-electron chi connectivity index (χ0n) is 11.4. The Kier molecular flexibility index (Phi) is 6.31. The van der Waals surface area contributed by atoms with Crippen LogP contribution >= 0.6 is 15.9 Å². The van der Waals surface area contributed by atoms with Gasteiger partial charge in [-0.1, -0.05) is 19.9 Å². The Balaban J connectivity index is 3.08. The van der Waals surface area contributed by atoms with Crippen LogP contribution in [0.25, 0.3) is 0 Å². The third kappa shape index (κ3) is 3.70. The summed E-state index contributed by atoms with van der Waals surface area (Å²) in [6.45, 7) is 4.38. The van der Waals surface area contributed by atoms with E-state index in [2.05, 4.69) is 15.9 Å². The molecule has 0 spiro atoms. The number of hydrogen-bond donors (Lipinski definition) is 2. The van der Waals surface area contributed by atoms with E-state index in [1.807, 2.05) is 13.8 Å². The van der Waals surface area contributed by atoms with Crippen LogP contribution in [0, 0.1) is 0 Å². The van der Waals surface area contributed by atoms with Gasteiger partial charge in [-0.3, -0.25) is 4.79 Å². The van der Waals surface area contributed by atoms with Crippen molar-refractivity contribution in [1.82, 2.24) is 4.90 Å². The number of nitrogens with zero attached hydrogens (tertiary/aromatic N) is 1. The Hall–Kier alpha value is -1.07. The minimum atomic E-state index is -0.0954. The standard InChI is InChI=1S/C14H21BrN2O2/c1-3-10(4-2)17(8-9-18)14(19)11-6-5-7-12(16)13(11)15/h5-7,10,18H,3-4,8-9,16H2,1-2H3. The van der Waals surface area contributed by atoms with Gasteiger partial charge in [-0.25, -0.2) is 0 Å². The Morgan fingerprint density at radius 2 is 2.05 bits per heavy atom. The molecule has 0 bridgehead atoms. The van der Waals surface area contributed by atoms with Gasteiger partial charge in [-0.2, -0.15) is 0 Å². The van der Waals surface area contributed by atoms with Crippen LogP contribution in [0.15, 0.2) is 22.7 Å². The first kappa shape index (κ1) is 16.0. The molecule has 0 saturated heterocycles. The fourth-order valence-electron chi connectivity index (χ4n) is 2.16. The Bertz CT molecular complexity index is 433. The van der Waals surface area contributed by atoms with Gasteiger partial charge in [-0.15, -0.1) is 0 Å². The molecule has 0 unspecified atom stereocenters. The second-order valence-electron chi connectivity index (χ2n) is 4.40. The smallest absolute Gasteiger partial charge is 0.255 e. The summed E-state index contributed by atoms with van der Waals surface area (Å²) in [6, 6.07) is 5.38. The summed E-state index contributed by atoms with van der Waals surface area (Å²) in [5.41, 5.74) is 6.89. The molecule has 0 fully saturated rings. The van der Waals surface area contributed by atoms with Crippen LogP contribution < -0.4 is 5.73 Å². The lowest BCUT2D eigenvalue weighted by atomic mass is 10.1. The summed E-state index contributed by atoms with van der Waals surface area (Å²) in [4.78, 5) is 14.3. The Labute approximate surface area is 122 Å². The van der Waals surface area contributed by atoms with Crippen molar-refractivity contribution in [1.29, 1.82) is 0 Å². The predicted octanol–water partition coefficient (Wildman–Crippen LogP) is 2.65. The molecule has 0 atom stereocenters. The van der Waals surface area contributed by atoms with Crippen LogP contribution in [0.3, 0.4) is 0 Å². The van der Waals surface area contributed by atoms with Crippen LogP contribution in [-0.4, -0.2) is 35.1 Å². The maximum atomic E-state index is 12.6. The molecule has 19 heavy (non-hydrogen) atoms. The fraction of sp³-hybridized carbons (Fsp3) is 0.500. The van der Waals surface area contributed by atoms with Crippen LogP contribution in [0.2, 0.25) is 0 Å². The molecule has 0 aliphatic carbocycles. The van der Waals surface area contributed by atoms with Gasteiger partial charge in [-0.05, 0) is 40.9 Å². The van der Waals surface area contributed by atoms with Gasteiger partial charge in [0.15, 0.2) is 0 Å². The van der Waals surface area contributed by atoms with Gasteiger partial charge in [0.1, 0.15) is 0 Å². The van der Waals surface area contributed by atoms with Crippen molar-refractivity contribution in [2.45, 2.75) is 32.7 Å². The number of carbonyl (C=O) groups is 1. The van der Waals surface area contributed by atoms with Crippen molar-refractivity contribution >= 4 is 27.5 Å². The van der Waals surface area contributed by atoms with Gasteiger partial charge >= 0.3 is 0 Å². The molecule has 5 heteroatoms. The Morgan fingerprint density at radius 1 is 1.42 bits per heavy atom. The monoisotopic (exact) mass is 328 g/mol. The van der Waals surface area contributed by atoms with Gasteiger partial charge in [0, 0.05) is 18.3 Å². The second kappa shape index (κ2) is 7.50. The van der Waals surface area contributed by atoms with Crippen molar-refractivity contribution in [2.75, 3.05) is 18.9 Å². The average Bonchev–Trinajstić information content (AvgIpc) is 2.41. The third-order valence-corrected chi connectivity index (χ3v) is 4.13. The summed E-state index contributed by atoms with van der Waals surface area (Å²) in [5.74, 6) is -0.0954. The number of nitrogen functional groups attached to an aromatic ring is 1. The molecule has 4 nitrogen and oxygen atoms in total. The second-order valence-corrected chi connectivity index (χ2v) is 5.19. The molecule has 1 amide bonds. The predicted molar refractivity (Wildman–Crippen MR) is 81.0 cm³/mol. The molecule has 0 saturated carbocycles. The van der Waals surface area contributed by atoms with Crippen LogP contribution in [0.4, 0.5) is 5.69 Å². The average molecular weight is 329 g/mol. The highest BCUT2D eigenvalue weighted by Crippen LogP contribution is 2.26. The lowest BCUT2D eigenvalue weighted by Crippen LogP contribution is -2.41. The molecular weight excluding hydrogens is 308 g/mol. The summed E-state index contributed by atoms with van der Waals surface area (Å²) < 4.78 is 0.619. The van der Waals surface area contributed by atoms with Gasteiger partial charge in [0.25, 0.3) is 5.91 Å². The third-order valence-electron chi connectivity index (χ3n) is 3.24. The number of amides is 1. The zero-order chi connectivity index (χ0) is 14.4. The SMILES string of the molecule is CCC(CC)N(CCO)C(=O)c1cccc(N)c1Br. The van der Waals surface area contributed by atoms with Crippen LogP contribution in [-0.2, 0) is 0 Å². The van der Waals surface area contributed by atoms with Gasteiger partial charge in [0.05, 0.1) is 16.6 Å². The minimum absolute atomic E-state index is 0.0395. The van der Waals surface area contributed by atoms with Gasteiger partial charge < -0.3 is 15.7 Å². The Morgan fingerprint density at radius 3 is 2.58 bits per heavy atom. The molecule has 0 aliphatic rings. The number of carbonyl (C=O) groups excluding carboxylic acids is 1. The summed E-state index contributed by atoms with van der Waals surface area (Å²) >= 11 is 3.36.